The molecule has 0 aliphatic carbocycles. The Kier molecular flexibility index (Phi) is 29.4. The van der Waals surface area contributed by atoms with Gasteiger partial charge in [0, 0.05) is 34.2 Å². The Bertz CT molecular complexity index is 559. The summed E-state index contributed by atoms with van der Waals surface area (Å²) in [4.78, 5) is 32.2. The Balaban J connectivity index is -0.000000218. The van der Waals surface area contributed by atoms with Crippen molar-refractivity contribution in [1.82, 2.24) is 0 Å². The van der Waals surface area contributed by atoms with Gasteiger partial charge in [0.05, 0.1) is 0 Å². The van der Waals surface area contributed by atoms with Gasteiger partial charge in [-0.05, 0) is 32.1 Å². The van der Waals surface area contributed by atoms with Gasteiger partial charge in [-0.3, -0.25) is 0 Å². The van der Waals surface area contributed by atoms with Crippen LogP contribution in [-0.4, -0.2) is 17.9 Å². The van der Waals surface area contributed by atoms with Crippen molar-refractivity contribution in [3.63, 3.8) is 0 Å². The summed E-state index contributed by atoms with van der Waals surface area (Å²) < 4.78 is 0. The molecule has 0 saturated heterocycles. The average Bonchev–Trinajstić information content (AvgIpc) is 2.80. The van der Waals surface area contributed by atoms with E-state index in [4.69, 9.17) is 0 Å². The maximum atomic E-state index is 10.8. The van der Waals surface area contributed by atoms with E-state index in [0.29, 0.717) is 0 Å². The van der Waals surface area contributed by atoms with E-state index < -0.39 is 34.2 Å². The average molecular weight is 654 g/mol. The van der Waals surface area contributed by atoms with E-state index in [-0.39, 0.29) is 41.7 Å². The smallest absolute Gasteiger partial charge is 0.550 e. The maximum absolute atomic E-state index is 10.8. The van der Waals surface area contributed by atoms with Crippen LogP contribution in [0.5, 0.6) is 0 Å². The second-order valence-corrected chi connectivity index (χ2v) is 11.4. The van der Waals surface area contributed by atoms with Crippen molar-refractivity contribution in [2.24, 2.45) is 16.2 Å². The van der Waals surface area contributed by atoms with E-state index in [0.717, 1.165) is 83.5 Å². The summed E-state index contributed by atoms with van der Waals surface area (Å²) in [6.45, 7) is 17.3. The van der Waals surface area contributed by atoms with Crippen LogP contribution in [0.4, 0.5) is 0 Å². The van der Waals surface area contributed by atoms with Gasteiger partial charge in [0.2, 0.25) is 0 Å². The molecular weight excluding hydrogens is 596 g/mol. The first-order valence-corrected chi connectivity index (χ1v) is 14.3. The van der Waals surface area contributed by atoms with Crippen molar-refractivity contribution in [1.29, 1.82) is 0 Å². The van der Waals surface area contributed by atoms with Crippen molar-refractivity contribution in [2.45, 2.75) is 159 Å². The van der Waals surface area contributed by atoms with Gasteiger partial charge in [-0.25, -0.2) is 0 Å². The van der Waals surface area contributed by atoms with Crippen molar-refractivity contribution in [3.8, 4) is 0 Å². The zero-order chi connectivity index (χ0) is 28.8. The van der Waals surface area contributed by atoms with Gasteiger partial charge in [-0.2, -0.15) is 0 Å². The Morgan fingerprint density at radius 1 is 0.459 bits per heavy atom. The van der Waals surface area contributed by atoms with Crippen molar-refractivity contribution < 1.29 is 71.5 Å². The van der Waals surface area contributed by atoms with Crippen LogP contribution in [0.2, 0.25) is 0 Å². The molecule has 0 aromatic heterocycles. The number of carboxylic acid groups (broad SMARTS) is 3. The second kappa shape index (κ2) is 24.8. The molecule has 217 valence electrons. The first-order valence-electron chi connectivity index (χ1n) is 14.3. The van der Waals surface area contributed by atoms with Crippen LogP contribution in [-0.2, 0) is 14.4 Å². The predicted octanol–water partition coefficient (Wildman–Crippen LogP) is 5.20. The quantitative estimate of drug-likeness (QED) is 0.188. The fraction of sp³-hybridized carbons (Fsp3) is 0.900. The van der Waals surface area contributed by atoms with E-state index >= 15 is 0 Å². The summed E-state index contributed by atoms with van der Waals surface area (Å²) in [6.07, 6.45) is 14.1. The minimum Gasteiger partial charge on any atom is -0.550 e. The van der Waals surface area contributed by atoms with Gasteiger partial charge >= 0.3 is 41.7 Å². The predicted molar refractivity (Wildman–Crippen MR) is 143 cm³/mol. The maximum Gasteiger partial charge on any atom is 3.00 e. The van der Waals surface area contributed by atoms with E-state index in [9.17, 15) is 29.7 Å². The molecule has 0 aromatic carbocycles. The van der Waals surface area contributed by atoms with Crippen LogP contribution in [0.25, 0.3) is 0 Å². The molecule has 6 nitrogen and oxygen atoms in total. The number of carbonyl (C=O) groups is 3. The molecule has 0 spiro atoms. The fourth-order valence-electron chi connectivity index (χ4n) is 3.99. The van der Waals surface area contributed by atoms with Crippen LogP contribution < -0.4 is 15.3 Å². The van der Waals surface area contributed by atoms with Gasteiger partial charge in [0.15, 0.2) is 0 Å². The molecule has 7 heteroatoms. The van der Waals surface area contributed by atoms with Gasteiger partial charge in [-0.15, -0.1) is 0 Å². The molecule has 2 unspecified atom stereocenters. The first kappa shape index (κ1) is 43.8. The minimum absolute atomic E-state index is 0. The van der Waals surface area contributed by atoms with E-state index in [2.05, 4.69) is 20.8 Å². The summed E-state index contributed by atoms with van der Waals surface area (Å²) in [5.41, 5.74) is -1.83. The Morgan fingerprint density at radius 3 is 1.05 bits per heavy atom. The third kappa shape index (κ3) is 22.3. The van der Waals surface area contributed by atoms with Crippen molar-refractivity contribution >= 4 is 17.9 Å². The van der Waals surface area contributed by atoms with Crippen LogP contribution in [0.3, 0.4) is 0 Å². The molecule has 1 radical (unpaired) electrons. The van der Waals surface area contributed by atoms with Gasteiger partial charge in [0.1, 0.15) is 0 Å². The molecule has 0 aliphatic rings. The SMILES string of the molecule is CCCCC(C)(CCC)C(=O)[O-].CCCCC(C)(CCC)C(=O)[O-].CCCCCCC(C)(C)C(=O)[O-].[Ce+3]. The van der Waals surface area contributed by atoms with Crippen LogP contribution in [0.15, 0.2) is 0 Å². The Labute approximate surface area is 262 Å². The topological polar surface area (TPSA) is 120 Å². The zero-order valence-electron chi connectivity index (χ0n) is 25.6. The van der Waals surface area contributed by atoms with Crippen LogP contribution in [0, 0.1) is 58.0 Å². The molecule has 0 aromatic rings. The number of hydrogen-bond donors (Lipinski definition) is 0. The molecular formula is C30H57CeO6. The van der Waals surface area contributed by atoms with Crippen LogP contribution >= 0.6 is 0 Å². The number of unbranched alkanes of at least 4 members (excludes halogenated alkanes) is 5. The summed E-state index contributed by atoms with van der Waals surface area (Å²) >= 11 is 0. The minimum atomic E-state index is -0.931. The summed E-state index contributed by atoms with van der Waals surface area (Å²) in [5, 5.41) is 32.2. The molecule has 0 rings (SSSR count). The number of carbonyl (C=O) groups excluding carboxylic acids is 3. The molecule has 0 saturated carbocycles. The molecule has 0 amide bonds. The first-order chi connectivity index (χ1) is 16.6. The third-order valence-corrected chi connectivity index (χ3v) is 6.96. The van der Waals surface area contributed by atoms with Gasteiger partial charge in [0.25, 0.3) is 0 Å². The molecule has 0 N–H and O–H groups in total. The molecule has 37 heavy (non-hydrogen) atoms. The standard InChI is InChI=1S/3C10H20O2.Ce/c1-4-5-6-7-8-10(2,3)9(11)12;2*1-4-6-8-10(3,7-5-2)9(11)12;/h3*4-8H2,1-3H3,(H,11,12);/q;;;+3/p-3. The fourth-order valence-corrected chi connectivity index (χ4v) is 3.99. The second-order valence-electron chi connectivity index (χ2n) is 11.4. The summed E-state index contributed by atoms with van der Waals surface area (Å²) in [5.74, 6) is -2.71. The van der Waals surface area contributed by atoms with E-state index in [1.807, 2.05) is 13.8 Å². The van der Waals surface area contributed by atoms with Gasteiger partial charge in [-0.1, -0.05) is 127 Å². The third-order valence-electron chi connectivity index (χ3n) is 6.96. The zero-order valence-corrected chi connectivity index (χ0v) is 28.7. The summed E-state index contributed by atoms with van der Waals surface area (Å²) in [6, 6.07) is 0. The number of carboxylic acids is 3. The number of aliphatic carboxylic acids is 3. The largest absolute Gasteiger partial charge is 3.00 e. The van der Waals surface area contributed by atoms with Crippen molar-refractivity contribution in [2.75, 3.05) is 0 Å². The molecule has 0 heterocycles. The molecule has 0 aliphatic heterocycles. The summed E-state index contributed by atoms with van der Waals surface area (Å²) in [7, 11) is 0. The van der Waals surface area contributed by atoms with Gasteiger partial charge < -0.3 is 29.7 Å². The van der Waals surface area contributed by atoms with E-state index in [1.165, 1.54) is 12.8 Å². The number of hydrogen-bond acceptors (Lipinski definition) is 6. The molecule has 2 atom stereocenters. The van der Waals surface area contributed by atoms with Crippen LogP contribution in [0.1, 0.15) is 159 Å². The number of rotatable bonds is 18. The molecule has 0 fully saturated rings. The van der Waals surface area contributed by atoms with E-state index in [1.54, 1.807) is 27.7 Å². The van der Waals surface area contributed by atoms with Crippen molar-refractivity contribution in [3.05, 3.63) is 0 Å². The molecule has 0 bridgehead atoms. The Morgan fingerprint density at radius 2 is 0.811 bits per heavy atom. The Hall–Kier alpha value is -0.213. The normalized spacial score (nSPS) is 13.9. The monoisotopic (exact) mass is 653 g/mol.